The van der Waals surface area contributed by atoms with E-state index in [0.717, 1.165) is 22.6 Å². The first-order chi connectivity index (χ1) is 9.03. The fourth-order valence-electron chi connectivity index (χ4n) is 2.34. The molecule has 0 saturated carbocycles. The quantitative estimate of drug-likeness (QED) is 0.904. The van der Waals surface area contributed by atoms with Crippen LogP contribution in [0.25, 0.3) is 0 Å². The van der Waals surface area contributed by atoms with Gasteiger partial charge in [-0.3, -0.25) is 0 Å². The van der Waals surface area contributed by atoms with Gasteiger partial charge in [-0.15, -0.1) is 0 Å². The molecule has 1 aromatic carbocycles. The maximum Gasteiger partial charge on any atom is 0.122 e. The van der Waals surface area contributed by atoms with E-state index < -0.39 is 0 Å². The van der Waals surface area contributed by atoms with Crippen molar-refractivity contribution in [1.29, 1.82) is 5.26 Å². The molecule has 0 unspecified atom stereocenters. The van der Waals surface area contributed by atoms with Crippen molar-refractivity contribution in [3.63, 3.8) is 0 Å². The first-order valence-electron chi connectivity index (χ1n) is 6.40. The molecule has 1 aliphatic rings. The third-order valence-corrected chi connectivity index (χ3v) is 3.87. The predicted octanol–water partition coefficient (Wildman–Crippen LogP) is 2.57. The van der Waals surface area contributed by atoms with Gasteiger partial charge in [0.05, 0.1) is 26.4 Å². The number of benzene rings is 1. The molecule has 0 aliphatic carbocycles. The van der Waals surface area contributed by atoms with Crippen molar-refractivity contribution in [2.45, 2.75) is 20.8 Å². The maximum atomic E-state index is 9.20. The molecular formula is C15H20N2O2. The fraction of sp³-hybridized carbons (Fsp3) is 0.533. The molecule has 0 bridgehead atoms. The van der Waals surface area contributed by atoms with Gasteiger partial charge in [0.2, 0.25) is 0 Å². The van der Waals surface area contributed by atoms with Gasteiger partial charge >= 0.3 is 0 Å². The van der Waals surface area contributed by atoms with E-state index in [4.69, 9.17) is 9.47 Å². The summed E-state index contributed by atoms with van der Waals surface area (Å²) in [6, 6.07) is 4.38. The van der Waals surface area contributed by atoms with Gasteiger partial charge in [-0.2, -0.15) is 5.26 Å². The Hall–Kier alpha value is -1.73. The molecule has 102 valence electrons. The van der Waals surface area contributed by atoms with Crippen LogP contribution in [0.4, 0.5) is 5.69 Å². The minimum Gasteiger partial charge on any atom is -0.496 e. The van der Waals surface area contributed by atoms with Crippen LogP contribution in [0.1, 0.15) is 16.7 Å². The fourth-order valence-corrected chi connectivity index (χ4v) is 2.34. The van der Waals surface area contributed by atoms with Crippen molar-refractivity contribution >= 4 is 5.69 Å². The summed E-state index contributed by atoms with van der Waals surface area (Å²) >= 11 is 0. The standard InChI is InChI=1S/C15H20N2O2/c1-10-5-13(18-4)11(2)12(3)14(10)17-7-15(6-16)8-19-9-15/h5,17H,7-9H2,1-4H3. The lowest BCUT2D eigenvalue weighted by Crippen LogP contribution is -2.46. The summed E-state index contributed by atoms with van der Waals surface area (Å²) in [6.45, 7) is 7.83. The number of anilines is 1. The van der Waals surface area contributed by atoms with E-state index in [1.54, 1.807) is 7.11 Å². The van der Waals surface area contributed by atoms with Crippen LogP contribution in [0.3, 0.4) is 0 Å². The molecule has 1 aliphatic heterocycles. The number of rotatable bonds is 4. The van der Waals surface area contributed by atoms with Gasteiger partial charge in [0.25, 0.3) is 0 Å². The smallest absolute Gasteiger partial charge is 0.122 e. The Morgan fingerprint density at radius 1 is 1.37 bits per heavy atom. The topological polar surface area (TPSA) is 54.3 Å². The summed E-state index contributed by atoms with van der Waals surface area (Å²) in [6.07, 6.45) is 0. The number of nitrogens with one attached hydrogen (secondary N) is 1. The summed E-state index contributed by atoms with van der Waals surface area (Å²) in [5, 5.41) is 12.6. The molecule has 19 heavy (non-hydrogen) atoms. The molecule has 1 aromatic rings. The summed E-state index contributed by atoms with van der Waals surface area (Å²) in [5.41, 5.74) is 4.16. The Balaban J connectivity index is 2.21. The Bertz CT molecular complexity index is 528. The van der Waals surface area contributed by atoms with Crippen LogP contribution in [-0.4, -0.2) is 26.9 Å². The average Bonchev–Trinajstić information content (AvgIpc) is 2.36. The second-order valence-electron chi connectivity index (χ2n) is 5.26. The van der Waals surface area contributed by atoms with Crippen LogP contribution in [0.15, 0.2) is 6.07 Å². The monoisotopic (exact) mass is 260 g/mol. The summed E-state index contributed by atoms with van der Waals surface area (Å²) < 4.78 is 10.5. The second kappa shape index (κ2) is 5.10. The highest BCUT2D eigenvalue weighted by molar-refractivity contribution is 5.63. The van der Waals surface area contributed by atoms with Crippen LogP contribution in [0.5, 0.6) is 5.75 Å². The van der Waals surface area contributed by atoms with E-state index in [1.165, 1.54) is 5.56 Å². The third-order valence-electron chi connectivity index (χ3n) is 3.87. The zero-order valence-electron chi connectivity index (χ0n) is 12.0. The molecule has 1 fully saturated rings. The van der Waals surface area contributed by atoms with Crippen LogP contribution in [-0.2, 0) is 4.74 Å². The number of nitrogens with zero attached hydrogens (tertiary/aromatic N) is 1. The molecule has 1 N–H and O–H groups in total. The molecule has 4 nitrogen and oxygen atoms in total. The zero-order chi connectivity index (χ0) is 14.0. The van der Waals surface area contributed by atoms with Crippen molar-refractivity contribution in [3.8, 4) is 11.8 Å². The second-order valence-corrected chi connectivity index (χ2v) is 5.26. The highest BCUT2D eigenvalue weighted by Crippen LogP contribution is 2.33. The van der Waals surface area contributed by atoms with Gasteiger partial charge in [0, 0.05) is 12.2 Å². The normalized spacial score (nSPS) is 16.4. The highest BCUT2D eigenvalue weighted by Gasteiger charge is 2.39. The van der Waals surface area contributed by atoms with E-state index in [0.29, 0.717) is 19.8 Å². The lowest BCUT2D eigenvalue weighted by Gasteiger charge is -2.35. The van der Waals surface area contributed by atoms with Crippen LogP contribution < -0.4 is 10.1 Å². The van der Waals surface area contributed by atoms with Crippen LogP contribution >= 0.6 is 0 Å². The molecule has 0 atom stereocenters. The van der Waals surface area contributed by atoms with Gasteiger partial charge in [0.15, 0.2) is 0 Å². The highest BCUT2D eigenvalue weighted by atomic mass is 16.5. The van der Waals surface area contributed by atoms with E-state index in [9.17, 15) is 5.26 Å². The average molecular weight is 260 g/mol. The van der Waals surface area contributed by atoms with Gasteiger partial charge in [-0.25, -0.2) is 0 Å². The predicted molar refractivity (Wildman–Crippen MR) is 74.6 cm³/mol. The van der Waals surface area contributed by atoms with Gasteiger partial charge in [-0.1, -0.05) is 0 Å². The Kier molecular flexibility index (Phi) is 3.68. The van der Waals surface area contributed by atoms with Gasteiger partial charge in [0.1, 0.15) is 11.2 Å². The van der Waals surface area contributed by atoms with Gasteiger partial charge in [-0.05, 0) is 43.5 Å². The summed E-state index contributed by atoms with van der Waals surface area (Å²) in [4.78, 5) is 0. The largest absolute Gasteiger partial charge is 0.496 e. The molecule has 1 heterocycles. The first-order valence-corrected chi connectivity index (χ1v) is 6.40. The minimum atomic E-state index is -0.368. The van der Waals surface area contributed by atoms with Crippen molar-refractivity contribution in [3.05, 3.63) is 22.8 Å². The van der Waals surface area contributed by atoms with Crippen LogP contribution in [0, 0.1) is 37.5 Å². The molecule has 0 radical (unpaired) electrons. The number of aryl methyl sites for hydroxylation is 1. The zero-order valence-corrected chi connectivity index (χ0v) is 12.0. The third kappa shape index (κ3) is 2.39. The lowest BCUT2D eigenvalue weighted by atomic mass is 9.87. The van der Waals surface area contributed by atoms with Crippen molar-refractivity contribution in [1.82, 2.24) is 0 Å². The Morgan fingerprint density at radius 3 is 2.53 bits per heavy atom. The molecule has 4 heteroatoms. The number of methoxy groups -OCH3 is 1. The first kappa shape index (κ1) is 13.7. The number of hydrogen-bond acceptors (Lipinski definition) is 4. The number of ether oxygens (including phenoxy) is 2. The van der Waals surface area contributed by atoms with E-state index in [1.807, 2.05) is 19.9 Å². The molecule has 0 amide bonds. The van der Waals surface area contributed by atoms with Crippen molar-refractivity contribution < 1.29 is 9.47 Å². The number of nitriles is 1. The number of hydrogen-bond donors (Lipinski definition) is 1. The Labute approximate surface area is 114 Å². The SMILES string of the molecule is COc1cc(C)c(NCC2(C#N)COC2)c(C)c1C. The van der Waals surface area contributed by atoms with E-state index in [2.05, 4.69) is 18.3 Å². The molecule has 0 aromatic heterocycles. The maximum absolute atomic E-state index is 9.20. The summed E-state index contributed by atoms with van der Waals surface area (Å²) in [7, 11) is 1.69. The van der Waals surface area contributed by atoms with Crippen molar-refractivity contribution in [2.24, 2.45) is 5.41 Å². The molecule has 2 rings (SSSR count). The molecule has 1 saturated heterocycles. The molecular weight excluding hydrogens is 240 g/mol. The van der Waals surface area contributed by atoms with Crippen LogP contribution in [0.2, 0.25) is 0 Å². The molecule has 0 spiro atoms. The van der Waals surface area contributed by atoms with Gasteiger partial charge < -0.3 is 14.8 Å². The van der Waals surface area contributed by atoms with E-state index in [-0.39, 0.29) is 5.41 Å². The lowest BCUT2D eigenvalue weighted by molar-refractivity contribution is -0.0690. The van der Waals surface area contributed by atoms with Crippen molar-refractivity contribution in [2.75, 3.05) is 32.2 Å². The summed E-state index contributed by atoms with van der Waals surface area (Å²) in [5.74, 6) is 0.905. The Morgan fingerprint density at radius 2 is 2.05 bits per heavy atom. The minimum absolute atomic E-state index is 0.368. The van der Waals surface area contributed by atoms with E-state index >= 15 is 0 Å².